The summed E-state index contributed by atoms with van der Waals surface area (Å²) in [5.74, 6) is 2.17. The maximum atomic E-state index is 6.31. The number of ether oxygens (including phenoxy) is 2. The summed E-state index contributed by atoms with van der Waals surface area (Å²) in [5.41, 5.74) is 1.04. The highest BCUT2D eigenvalue weighted by Gasteiger charge is 2.21. The fourth-order valence-electron chi connectivity index (χ4n) is 3.40. The fraction of sp³-hybridized carbons (Fsp3) is 0.632. The Kier molecular flexibility index (Phi) is 8.75. The van der Waals surface area contributed by atoms with E-state index in [-0.39, 0.29) is 24.0 Å². The number of likely N-dealkylation sites (tertiary alicyclic amines) is 1. The van der Waals surface area contributed by atoms with Gasteiger partial charge in [-0.25, -0.2) is 0 Å². The van der Waals surface area contributed by atoms with Crippen molar-refractivity contribution in [2.24, 2.45) is 4.99 Å². The van der Waals surface area contributed by atoms with Crippen molar-refractivity contribution in [2.75, 3.05) is 33.4 Å². The molecule has 1 fully saturated rings. The van der Waals surface area contributed by atoms with E-state index < -0.39 is 0 Å². The van der Waals surface area contributed by atoms with E-state index in [0.29, 0.717) is 48.4 Å². The molecule has 0 spiro atoms. The molecule has 0 aliphatic carbocycles. The molecule has 0 aromatic heterocycles. The smallest absolute Gasteiger partial charge is 0.191 e. The number of nitrogens with zero attached hydrogens (tertiary/aromatic N) is 2. The molecule has 2 N–H and O–H groups in total. The van der Waals surface area contributed by atoms with Crippen LogP contribution in [0.3, 0.4) is 0 Å². The maximum absolute atomic E-state index is 6.31. The lowest BCUT2D eigenvalue weighted by Crippen LogP contribution is -2.49. The lowest BCUT2D eigenvalue weighted by atomic mass is 10.0. The highest BCUT2D eigenvalue weighted by molar-refractivity contribution is 14.0. The third-order valence-electron chi connectivity index (χ3n) is 4.94. The summed E-state index contributed by atoms with van der Waals surface area (Å²) >= 11 is 6.31. The average molecular weight is 509 g/mol. The van der Waals surface area contributed by atoms with E-state index in [1.54, 1.807) is 7.05 Å². The van der Waals surface area contributed by atoms with Crippen LogP contribution in [0.2, 0.25) is 5.02 Å². The zero-order valence-corrected chi connectivity index (χ0v) is 19.3. The van der Waals surface area contributed by atoms with Crippen LogP contribution in [0, 0.1) is 0 Å². The molecule has 0 bridgehead atoms. The molecule has 3 rings (SSSR count). The van der Waals surface area contributed by atoms with Gasteiger partial charge in [-0.15, -0.1) is 24.0 Å². The molecule has 0 saturated carbocycles. The molecular weight excluding hydrogens is 479 g/mol. The number of piperidine rings is 1. The molecule has 1 aromatic carbocycles. The Balaban J connectivity index is 0.00000261. The summed E-state index contributed by atoms with van der Waals surface area (Å²) < 4.78 is 11.2. The fourth-order valence-corrected chi connectivity index (χ4v) is 3.69. The van der Waals surface area contributed by atoms with Gasteiger partial charge in [0.2, 0.25) is 0 Å². The van der Waals surface area contributed by atoms with Crippen LogP contribution in [0.4, 0.5) is 0 Å². The molecule has 0 atom stereocenters. The lowest BCUT2D eigenvalue weighted by molar-refractivity contribution is 0.167. The number of guanidine groups is 1. The van der Waals surface area contributed by atoms with E-state index in [1.165, 1.54) is 0 Å². The zero-order valence-electron chi connectivity index (χ0n) is 16.3. The van der Waals surface area contributed by atoms with Gasteiger partial charge in [-0.2, -0.15) is 0 Å². The van der Waals surface area contributed by atoms with Crippen LogP contribution < -0.4 is 20.1 Å². The van der Waals surface area contributed by atoms with E-state index in [0.717, 1.165) is 37.5 Å². The van der Waals surface area contributed by atoms with Gasteiger partial charge in [0.25, 0.3) is 0 Å². The summed E-state index contributed by atoms with van der Waals surface area (Å²) in [6.45, 7) is 8.49. The lowest BCUT2D eigenvalue weighted by Gasteiger charge is -2.35. The van der Waals surface area contributed by atoms with E-state index in [1.807, 2.05) is 12.1 Å². The second-order valence-corrected chi connectivity index (χ2v) is 7.48. The molecule has 8 heteroatoms. The number of rotatable bonds is 4. The Morgan fingerprint density at radius 3 is 2.63 bits per heavy atom. The molecule has 2 aliphatic heterocycles. The minimum absolute atomic E-state index is 0. The van der Waals surface area contributed by atoms with Crippen LogP contribution in [0.5, 0.6) is 11.5 Å². The molecule has 0 amide bonds. The molecule has 152 valence electrons. The predicted octanol–water partition coefficient (Wildman–Crippen LogP) is 3.27. The van der Waals surface area contributed by atoms with Crippen molar-refractivity contribution in [2.45, 2.75) is 45.3 Å². The number of benzene rings is 1. The molecule has 2 aliphatic rings. The summed E-state index contributed by atoms with van der Waals surface area (Å²) in [7, 11) is 1.80. The molecule has 1 aromatic rings. The van der Waals surface area contributed by atoms with Gasteiger partial charge in [0.05, 0.1) is 5.02 Å². The first kappa shape index (κ1) is 22.4. The Morgan fingerprint density at radius 1 is 1.26 bits per heavy atom. The average Bonchev–Trinajstić information content (AvgIpc) is 2.65. The summed E-state index contributed by atoms with van der Waals surface area (Å²) in [5, 5.41) is 7.49. The third kappa shape index (κ3) is 6.02. The third-order valence-corrected chi connectivity index (χ3v) is 5.22. The summed E-state index contributed by atoms with van der Waals surface area (Å²) in [4.78, 5) is 6.87. The van der Waals surface area contributed by atoms with Crippen molar-refractivity contribution in [3.63, 3.8) is 0 Å². The van der Waals surface area contributed by atoms with Crippen LogP contribution >= 0.6 is 35.6 Å². The highest BCUT2D eigenvalue weighted by Crippen LogP contribution is 2.38. The molecule has 6 nitrogen and oxygen atoms in total. The first-order valence-electron chi connectivity index (χ1n) is 9.36. The van der Waals surface area contributed by atoms with E-state index in [9.17, 15) is 0 Å². The first-order chi connectivity index (χ1) is 12.6. The van der Waals surface area contributed by atoms with Crippen molar-refractivity contribution < 1.29 is 9.47 Å². The van der Waals surface area contributed by atoms with Gasteiger partial charge >= 0.3 is 0 Å². The zero-order chi connectivity index (χ0) is 18.5. The van der Waals surface area contributed by atoms with Gasteiger partial charge in [-0.3, -0.25) is 4.99 Å². The van der Waals surface area contributed by atoms with Crippen LogP contribution in [0.15, 0.2) is 17.1 Å². The Bertz CT molecular complexity index is 649. The minimum Gasteiger partial charge on any atom is -0.486 e. The SMILES string of the molecule is CN=C(NCc1cc(Cl)c2c(c1)OCCO2)NC1CCN(C(C)C)CC1.I. The topological polar surface area (TPSA) is 58.1 Å². The molecule has 1 saturated heterocycles. The first-order valence-corrected chi connectivity index (χ1v) is 9.74. The quantitative estimate of drug-likeness (QED) is 0.371. The number of halogens is 2. The van der Waals surface area contributed by atoms with Crippen LogP contribution in [0.25, 0.3) is 0 Å². The molecular formula is C19H30ClIN4O2. The number of nitrogens with one attached hydrogen (secondary N) is 2. The molecule has 2 heterocycles. The van der Waals surface area contributed by atoms with Crippen LogP contribution in [-0.2, 0) is 6.54 Å². The number of hydrogen-bond donors (Lipinski definition) is 2. The van der Waals surface area contributed by atoms with Gasteiger partial charge in [0.15, 0.2) is 17.5 Å². The minimum atomic E-state index is 0. The Labute approximate surface area is 184 Å². The van der Waals surface area contributed by atoms with Crippen LogP contribution in [0.1, 0.15) is 32.3 Å². The van der Waals surface area contributed by atoms with Crippen molar-refractivity contribution in [1.29, 1.82) is 0 Å². The van der Waals surface area contributed by atoms with E-state index in [2.05, 4.69) is 34.4 Å². The summed E-state index contributed by atoms with van der Waals surface area (Å²) in [6.07, 6.45) is 2.27. The molecule has 0 radical (unpaired) electrons. The van der Waals surface area contributed by atoms with Gasteiger partial charge in [-0.1, -0.05) is 11.6 Å². The van der Waals surface area contributed by atoms with Gasteiger partial charge < -0.3 is 25.0 Å². The second-order valence-electron chi connectivity index (χ2n) is 7.08. The molecule has 0 unspecified atom stereocenters. The number of hydrogen-bond acceptors (Lipinski definition) is 4. The Morgan fingerprint density at radius 2 is 1.96 bits per heavy atom. The number of aliphatic imine (C=N–C) groups is 1. The van der Waals surface area contributed by atoms with Gasteiger partial charge in [0, 0.05) is 38.8 Å². The second kappa shape index (κ2) is 10.6. The monoisotopic (exact) mass is 508 g/mol. The van der Waals surface area contributed by atoms with Crippen molar-refractivity contribution >= 4 is 41.5 Å². The highest BCUT2D eigenvalue weighted by atomic mass is 127. The van der Waals surface area contributed by atoms with Crippen molar-refractivity contribution in [1.82, 2.24) is 15.5 Å². The van der Waals surface area contributed by atoms with E-state index >= 15 is 0 Å². The van der Waals surface area contributed by atoms with Gasteiger partial charge in [-0.05, 0) is 44.4 Å². The van der Waals surface area contributed by atoms with Gasteiger partial charge in [0.1, 0.15) is 13.2 Å². The Hall–Kier alpha value is -0.930. The standard InChI is InChI=1S/C19H29ClN4O2.HI/c1-13(2)24-6-4-15(5-7-24)23-19(21-3)22-12-14-10-16(20)18-17(11-14)25-8-9-26-18;/h10-11,13,15H,4-9,12H2,1-3H3,(H2,21,22,23);1H. The number of fused-ring (bicyclic) bond motifs is 1. The predicted molar refractivity (Wildman–Crippen MR) is 121 cm³/mol. The van der Waals surface area contributed by atoms with Crippen molar-refractivity contribution in [3.05, 3.63) is 22.7 Å². The maximum Gasteiger partial charge on any atom is 0.191 e. The largest absolute Gasteiger partial charge is 0.486 e. The normalized spacial score (nSPS) is 18.2. The molecule has 27 heavy (non-hydrogen) atoms. The van der Waals surface area contributed by atoms with E-state index in [4.69, 9.17) is 21.1 Å². The van der Waals surface area contributed by atoms with Crippen molar-refractivity contribution in [3.8, 4) is 11.5 Å². The summed E-state index contributed by atoms with van der Waals surface area (Å²) in [6, 6.07) is 4.96. The van der Waals surface area contributed by atoms with Crippen LogP contribution in [-0.4, -0.2) is 56.3 Å².